The molecular weight excluding hydrogens is 164 g/mol. The van der Waals surface area contributed by atoms with Gasteiger partial charge in [0.2, 0.25) is 0 Å². The van der Waals surface area contributed by atoms with E-state index in [4.69, 9.17) is 17.5 Å². The predicted molar refractivity (Wildman–Crippen MR) is 32.8 cm³/mol. The summed E-state index contributed by atoms with van der Waals surface area (Å²) in [5.74, 6) is 0. The van der Waals surface area contributed by atoms with Gasteiger partial charge in [-0.15, -0.1) is 0 Å². The van der Waals surface area contributed by atoms with E-state index < -0.39 is 16.4 Å². The first kappa shape index (κ1) is 11.9. The zero-order valence-electron chi connectivity index (χ0n) is 5.10. The Morgan fingerprint density at radius 2 is 1.60 bits per heavy atom. The van der Waals surface area contributed by atoms with Crippen LogP contribution in [0, 0.1) is 0 Å². The van der Waals surface area contributed by atoms with E-state index in [-0.39, 0.29) is 0 Å². The molecule has 0 aliphatic carbocycles. The summed E-state index contributed by atoms with van der Waals surface area (Å²) < 4.78 is 31.6. The van der Waals surface area contributed by atoms with Crippen molar-refractivity contribution >= 4 is 16.4 Å². The third-order valence-corrected chi connectivity index (χ3v) is 0.246. The summed E-state index contributed by atoms with van der Waals surface area (Å²) in [6.07, 6.45) is 0. The molecule has 0 saturated heterocycles. The van der Waals surface area contributed by atoms with Crippen molar-refractivity contribution in [2.75, 3.05) is 7.05 Å². The topological polar surface area (TPSA) is 130 Å². The highest BCUT2D eigenvalue weighted by molar-refractivity contribution is 7.79. The Morgan fingerprint density at radius 1 is 1.50 bits per heavy atom. The summed E-state index contributed by atoms with van der Waals surface area (Å²) in [7, 11) is -3.19. The van der Waals surface area contributed by atoms with E-state index in [1.807, 2.05) is 0 Å². The number of hydrogen-bond acceptors (Lipinski definition) is 3. The van der Waals surface area contributed by atoms with E-state index in [9.17, 15) is 4.79 Å². The van der Waals surface area contributed by atoms with Crippen LogP contribution in [0.2, 0.25) is 0 Å². The molecule has 10 heavy (non-hydrogen) atoms. The fourth-order valence-corrected chi connectivity index (χ4v) is 0. The minimum atomic E-state index is -4.67. The molecule has 0 aromatic rings. The van der Waals surface area contributed by atoms with Crippen molar-refractivity contribution in [2.24, 2.45) is 5.73 Å². The molecular formula is C2H8N2O5S. The number of nitrogens with one attached hydrogen (secondary N) is 1. The van der Waals surface area contributed by atoms with Crippen LogP contribution in [0.4, 0.5) is 4.79 Å². The summed E-state index contributed by atoms with van der Waals surface area (Å²) in [6.45, 7) is 0. The smallest absolute Gasteiger partial charge is 0.352 e. The maximum Gasteiger partial charge on any atom is 0.394 e. The molecule has 8 heteroatoms. The highest BCUT2D eigenvalue weighted by atomic mass is 32.3. The Kier molecular flexibility index (Phi) is 5.90. The van der Waals surface area contributed by atoms with E-state index in [2.05, 4.69) is 11.1 Å². The van der Waals surface area contributed by atoms with Crippen LogP contribution in [0.15, 0.2) is 0 Å². The van der Waals surface area contributed by atoms with Gasteiger partial charge in [-0.3, -0.25) is 9.11 Å². The van der Waals surface area contributed by atoms with Crippen molar-refractivity contribution < 1.29 is 22.3 Å². The quantitative estimate of drug-likeness (QED) is 0.335. The molecule has 0 fully saturated rings. The molecule has 5 N–H and O–H groups in total. The normalized spacial score (nSPS) is 9.10. The second-order valence-electron chi connectivity index (χ2n) is 1.06. The monoisotopic (exact) mass is 172 g/mol. The fourth-order valence-electron chi connectivity index (χ4n) is 0. The van der Waals surface area contributed by atoms with Gasteiger partial charge in [0.1, 0.15) is 0 Å². The van der Waals surface area contributed by atoms with Crippen molar-refractivity contribution in [3.63, 3.8) is 0 Å². The summed E-state index contributed by atoms with van der Waals surface area (Å²) in [5.41, 5.74) is 4.54. The Bertz CT molecular complexity index is 176. The Hall–Kier alpha value is -0.860. The van der Waals surface area contributed by atoms with Crippen LogP contribution in [0.1, 0.15) is 0 Å². The summed E-state index contributed by atoms with van der Waals surface area (Å²) in [4.78, 5) is 9.48. The second kappa shape index (κ2) is 4.97. The third-order valence-electron chi connectivity index (χ3n) is 0.246. The Balaban J connectivity index is 0. The zero-order valence-corrected chi connectivity index (χ0v) is 5.92. The van der Waals surface area contributed by atoms with Crippen LogP contribution in [0.25, 0.3) is 0 Å². The van der Waals surface area contributed by atoms with Gasteiger partial charge in [0.25, 0.3) is 0 Å². The van der Waals surface area contributed by atoms with Crippen molar-refractivity contribution in [3.05, 3.63) is 0 Å². The average molecular weight is 172 g/mol. The lowest BCUT2D eigenvalue weighted by Gasteiger charge is -1.80. The highest BCUT2D eigenvalue weighted by Gasteiger charge is 1.84. The molecule has 0 aliphatic heterocycles. The molecule has 0 heterocycles. The van der Waals surface area contributed by atoms with Gasteiger partial charge < -0.3 is 11.1 Å². The summed E-state index contributed by atoms with van der Waals surface area (Å²) in [5, 5.41) is 2.17. The van der Waals surface area contributed by atoms with Gasteiger partial charge in [-0.05, 0) is 0 Å². The fraction of sp³-hybridized carbons (Fsp3) is 0.500. The molecule has 0 aliphatic rings. The van der Waals surface area contributed by atoms with Crippen molar-refractivity contribution in [1.29, 1.82) is 0 Å². The Labute approximate surface area is 57.8 Å². The predicted octanol–water partition coefficient (Wildman–Crippen LogP) is -1.37. The van der Waals surface area contributed by atoms with Crippen LogP contribution in [0.3, 0.4) is 0 Å². The van der Waals surface area contributed by atoms with E-state index in [0.717, 1.165) is 0 Å². The SMILES string of the molecule is CNC(N)=O.O=S(=O)(O)O. The molecule has 2 amide bonds. The summed E-state index contributed by atoms with van der Waals surface area (Å²) in [6, 6.07) is -0.495. The highest BCUT2D eigenvalue weighted by Crippen LogP contribution is 1.59. The lowest BCUT2D eigenvalue weighted by molar-refractivity contribution is 0.251. The van der Waals surface area contributed by atoms with Crippen LogP contribution >= 0.6 is 0 Å². The van der Waals surface area contributed by atoms with E-state index in [0.29, 0.717) is 0 Å². The second-order valence-corrected chi connectivity index (χ2v) is 1.96. The minimum absolute atomic E-state index is 0.495. The standard InChI is InChI=1S/C2H6N2O.H2O4S/c1-4-2(3)5;1-5(2,3)4/h1H3,(H3,3,4,5);(H2,1,2,3,4). The first-order valence-electron chi connectivity index (χ1n) is 1.94. The number of rotatable bonds is 0. The number of carbonyl (C=O) groups excluding carboxylic acids is 1. The molecule has 0 radical (unpaired) electrons. The first-order valence-corrected chi connectivity index (χ1v) is 3.34. The maximum atomic E-state index is 9.48. The van der Waals surface area contributed by atoms with Gasteiger partial charge in [-0.2, -0.15) is 8.42 Å². The van der Waals surface area contributed by atoms with Crippen LogP contribution in [-0.2, 0) is 10.4 Å². The van der Waals surface area contributed by atoms with Gasteiger partial charge in [0, 0.05) is 7.05 Å². The number of nitrogens with two attached hydrogens (primary N) is 1. The zero-order chi connectivity index (χ0) is 8.78. The van der Waals surface area contributed by atoms with E-state index in [1.54, 1.807) is 0 Å². The van der Waals surface area contributed by atoms with Crippen molar-refractivity contribution in [3.8, 4) is 0 Å². The van der Waals surface area contributed by atoms with Gasteiger partial charge in [0.05, 0.1) is 0 Å². The molecule has 62 valence electrons. The number of urea groups is 1. The molecule has 0 rings (SSSR count). The number of primary amides is 1. The molecule has 0 saturated carbocycles. The Morgan fingerprint density at radius 3 is 1.60 bits per heavy atom. The van der Waals surface area contributed by atoms with Crippen molar-refractivity contribution in [2.45, 2.75) is 0 Å². The average Bonchev–Trinajstić information content (AvgIpc) is 1.61. The van der Waals surface area contributed by atoms with E-state index in [1.165, 1.54) is 7.05 Å². The number of carbonyl (C=O) groups is 1. The van der Waals surface area contributed by atoms with Crippen LogP contribution < -0.4 is 11.1 Å². The molecule has 0 atom stereocenters. The van der Waals surface area contributed by atoms with Gasteiger partial charge in [-0.1, -0.05) is 0 Å². The van der Waals surface area contributed by atoms with Gasteiger partial charge >= 0.3 is 16.4 Å². The van der Waals surface area contributed by atoms with E-state index >= 15 is 0 Å². The van der Waals surface area contributed by atoms with Crippen LogP contribution in [-0.4, -0.2) is 30.6 Å². The molecule has 0 aromatic carbocycles. The molecule has 0 bridgehead atoms. The molecule has 0 aromatic heterocycles. The molecule has 0 unspecified atom stereocenters. The summed E-state index contributed by atoms with van der Waals surface area (Å²) >= 11 is 0. The first-order chi connectivity index (χ1) is 4.27. The molecule has 7 nitrogen and oxygen atoms in total. The van der Waals surface area contributed by atoms with Crippen molar-refractivity contribution in [1.82, 2.24) is 5.32 Å². The lowest BCUT2D eigenvalue weighted by Crippen LogP contribution is -2.24. The largest absolute Gasteiger partial charge is 0.394 e. The van der Waals surface area contributed by atoms with Crippen LogP contribution in [0.5, 0.6) is 0 Å². The molecule has 0 spiro atoms. The van der Waals surface area contributed by atoms with Gasteiger partial charge in [0.15, 0.2) is 0 Å². The minimum Gasteiger partial charge on any atom is -0.352 e. The van der Waals surface area contributed by atoms with Gasteiger partial charge in [-0.25, -0.2) is 4.79 Å². The third kappa shape index (κ3) is 207. The maximum absolute atomic E-state index is 9.48. The number of hydrogen-bond donors (Lipinski definition) is 4. The lowest BCUT2D eigenvalue weighted by atomic mass is 11.1. The number of amides is 2.